The van der Waals surface area contributed by atoms with E-state index in [2.05, 4.69) is 20.8 Å². The molecule has 1 aliphatic rings. The summed E-state index contributed by atoms with van der Waals surface area (Å²) >= 11 is 0. The maximum absolute atomic E-state index is 13.8. The average molecular weight is 315 g/mol. The van der Waals surface area contributed by atoms with Crippen molar-refractivity contribution >= 4 is 10.8 Å². The van der Waals surface area contributed by atoms with Crippen molar-refractivity contribution in [2.45, 2.75) is 56.2 Å². The van der Waals surface area contributed by atoms with Gasteiger partial charge in [-0.15, -0.1) is 0 Å². The Hall–Kier alpha value is -0.810. The fourth-order valence-corrected chi connectivity index (χ4v) is 4.66. The molecule has 0 aromatic heterocycles. The summed E-state index contributed by atoms with van der Waals surface area (Å²) in [5.41, 5.74) is 6.20. The highest BCUT2D eigenvalue weighted by molar-refractivity contribution is 7.85. The standard InChI is InChI=1S/C16H23F2NOS/c1-16(2,3)10-4-7-13(19)15(8-10)21(20)14-9-11(17)5-6-12(14)18/h5-6,9-10,13,15H,4,7-8,19H2,1-3H3. The lowest BCUT2D eigenvalue weighted by Crippen LogP contribution is -2.45. The molecule has 0 spiro atoms. The molecule has 4 atom stereocenters. The zero-order chi connectivity index (χ0) is 15.8. The third-order valence-electron chi connectivity index (χ3n) is 4.45. The molecule has 1 saturated carbocycles. The zero-order valence-electron chi connectivity index (χ0n) is 12.7. The largest absolute Gasteiger partial charge is 0.327 e. The lowest BCUT2D eigenvalue weighted by Gasteiger charge is -2.40. The summed E-state index contributed by atoms with van der Waals surface area (Å²) in [5.74, 6) is -0.806. The zero-order valence-corrected chi connectivity index (χ0v) is 13.6. The molecule has 2 nitrogen and oxygen atoms in total. The summed E-state index contributed by atoms with van der Waals surface area (Å²) in [6, 6.07) is 2.86. The van der Waals surface area contributed by atoms with Gasteiger partial charge in [0.05, 0.1) is 20.9 Å². The van der Waals surface area contributed by atoms with Crippen LogP contribution in [0, 0.1) is 23.0 Å². The van der Waals surface area contributed by atoms with Crippen molar-refractivity contribution in [2.75, 3.05) is 0 Å². The molecule has 118 valence electrons. The van der Waals surface area contributed by atoms with Gasteiger partial charge < -0.3 is 5.73 Å². The summed E-state index contributed by atoms with van der Waals surface area (Å²) in [6.45, 7) is 6.45. The first-order valence-electron chi connectivity index (χ1n) is 7.31. The number of benzene rings is 1. The predicted molar refractivity (Wildman–Crippen MR) is 81.3 cm³/mol. The monoisotopic (exact) mass is 315 g/mol. The van der Waals surface area contributed by atoms with Gasteiger partial charge in [0.15, 0.2) is 0 Å². The van der Waals surface area contributed by atoms with Gasteiger partial charge in [-0.1, -0.05) is 20.8 Å². The van der Waals surface area contributed by atoms with Gasteiger partial charge in [-0.05, 0) is 48.8 Å². The topological polar surface area (TPSA) is 43.1 Å². The molecule has 1 aromatic rings. The number of rotatable bonds is 2. The molecule has 5 heteroatoms. The summed E-state index contributed by atoms with van der Waals surface area (Å²) in [5, 5.41) is -0.320. The molecule has 21 heavy (non-hydrogen) atoms. The van der Waals surface area contributed by atoms with Gasteiger partial charge >= 0.3 is 0 Å². The summed E-state index contributed by atoms with van der Waals surface area (Å²) in [7, 11) is -1.62. The van der Waals surface area contributed by atoms with Gasteiger partial charge in [0.1, 0.15) is 11.6 Å². The van der Waals surface area contributed by atoms with Gasteiger partial charge in [0.2, 0.25) is 0 Å². The van der Waals surface area contributed by atoms with E-state index in [1.807, 2.05) is 0 Å². The van der Waals surface area contributed by atoms with Crippen LogP contribution in [0.25, 0.3) is 0 Å². The fourth-order valence-electron chi connectivity index (χ4n) is 2.98. The Balaban J connectivity index is 2.26. The van der Waals surface area contributed by atoms with Gasteiger partial charge in [-0.3, -0.25) is 4.21 Å². The Bertz CT molecular complexity index is 542. The number of halogens is 2. The molecule has 2 rings (SSSR count). The predicted octanol–water partition coefficient (Wildman–Crippen LogP) is 3.61. The minimum atomic E-state index is -1.62. The van der Waals surface area contributed by atoms with Gasteiger partial charge in [0.25, 0.3) is 0 Å². The van der Waals surface area contributed by atoms with E-state index in [0.717, 1.165) is 31.0 Å². The lowest BCUT2D eigenvalue weighted by molar-refractivity contribution is 0.173. The van der Waals surface area contributed by atoms with E-state index < -0.39 is 22.4 Å². The number of nitrogens with two attached hydrogens (primary N) is 1. The highest BCUT2D eigenvalue weighted by Gasteiger charge is 2.38. The summed E-state index contributed by atoms with van der Waals surface area (Å²) in [4.78, 5) is -0.0648. The number of hydrogen-bond acceptors (Lipinski definition) is 2. The second-order valence-electron chi connectivity index (χ2n) is 6.95. The Morgan fingerprint density at radius 2 is 1.90 bits per heavy atom. The van der Waals surface area contributed by atoms with E-state index in [1.165, 1.54) is 0 Å². The molecule has 0 aliphatic heterocycles. The number of hydrogen-bond donors (Lipinski definition) is 1. The third-order valence-corrected chi connectivity index (χ3v) is 6.29. The van der Waals surface area contributed by atoms with Crippen LogP contribution in [0.5, 0.6) is 0 Å². The van der Waals surface area contributed by atoms with Crippen molar-refractivity contribution in [3.05, 3.63) is 29.8 Å². The van der Waals surface area contributed by atoms with Gasteiger partial charge in [-0.25, -0.2) is 8.78 Å². The highest BCUT2D eigenvalue weighted by Crippen LogP contribution is 2.40. The van der Waals surface area contributed by atoms with E-state index in [0.29, 0.717) is 12.3 Å². The second-order valence-corrected chi connectivity index (χ2v) is 8.59. The van der Waals surface area contributed by atoms with Crippen LogP contribution in [-0.4, -0.2) is 15.5 Å². The van der Waals surface area contributed by atoms with Crippen molar-refractivity contribution in [3.8, 4) is 0 Å². The van der Waals surface area contributed by atoms with E-state index in [1.54, 1.807) is 0 Å². The Morgan fingerprint density at radius 3 is 2.52 bits per heavy atom. The van der Waals surface area contributed by atoms with Crippen LogP contribution in [0.4, 0.5) is 8.78 Å². The smallest absolute Gasteiger partial charge is 0.139 e. The summed E-state index contributed by atoms with van der Waals surface area (Å²) < 4.78 is 39.8. The Labute approximate surface area is 127 Å². The van der Waals surface area contributed by atoms with E-state index in [9.17, 15) is 13.0 Å². The quantitative estimate of drug-likeness (QED) is 0.906. The minimum Gasteiger partial charge on any atom is -0.327 e. The van der Waals surface area contributed by atoms with E-state index >= 15 is 0 Å². The van der Waals surface area contributed by atoms with Crippen molar-refractivity contribution in [3.63, 3.8) is 0 Å². The first-order valence-corrected chi connectivity index (χ1v) is 8.52. The minimum absolute atomic E-state index is 0.0648. The van der Waals surface area contributed by atoms with Crippen molar-refractivity contribution in [2.24, 2.45) is 17.1 Å². The fraction of sp³-hybridized carbons (Fsp3) is 0.625. The average Bonchev–Trinajstić information content (AvgIpc) is 2.40. The summed E-state index contributed by atoms with van der Waals surface area (Å²) in [6.07, 6.45) is 2.45. The molecule has 1 fully saturated rings. The molecule has 4 unspecified atom stereocenters. The molecule has 0 heterocycles. The Morgan fingerprint density at radius 1 is 1.24 bits per heavy atom. The molecule has 0 saturated heterocycles. The first kappa shape index (κ1) is 16.6. The van der Waals surface area contributed by atoms with Crippen molar-refractivity contribution < 1.29 is 13.0 Å². The van der Waals surface area contributed by atoms with Crippen LogP contribution >= 0.6 is 0 Å². The molecule has 0 amide bonds. The van der Waals surface area contributed by atoms with E-state index in [-0.39, 0.29) is 21.6 Å². The van der Waals surface area contributed by atoms with Gasteiger partial charge in [-0.2, -0.15) is 0 Å². The molecule has 2 N–H and O–H groups in total. The maximum atomic E-state index is 13.8. The third kappa shape index (κ3) is 3.69. The van der Waals surface area contributed by atoms with Crippen molar-refractivity contribution in [1.82, 2.24) is 0 Å². The maximum Gasteiger partial charge on any atom is 0.139 e. The van der Waals surface area contributed by atoms with Gasteiger partial charge in [0, 0.05) is 6.04 Å². The van der Waals surface area contributed by atoms with Crippen LogP contribution in [0.3, 0.4) is 0 Å². The van der Waals surface area contributed by atoms with Crippen LogP contribution in [0.1, 0.15) is 40.0 Å². The molecule has 1 aromatic carbocycles. The molecule has 0 radical (unpaired) electrons. The van der Waals surface area contributed by atoms with E-state index in [4.69, 9.17) is 5.73 Å². The normalized spacial score (nSPS) is 28.4. The molecule has 0 bridgehead atoms. The van der Waals surface area contributed by atoms with Crippen LogP contribution in [0.2, 0.25) is 0 Å². The van der Waals surface area contributed by atoms with Crippen LogP contribution < -0.4 is 5.73 Å². The second kappa shape index (κ2) is 6.13. The first-order chi connectivity index (χ1) is 9.70. The van der Waals surface area contributed by atoms with Crippen LogP contribution in [0.15, 0.2) is 23.1 Å². The van der Waals surface area contributed by atoms with Crippen molar-refractivity contribution in [1.29, 1.82) is 0 Å². The highest BCUT2D eigenvalue weighted by atomic mass is 32.2. The molecular weight excluding hydrogens is 292 g/mol. The van der Waals surface area contributed by atoms with Crippen LogP contribution in [-0.2, 0) is 10.8 Å². The SMILES string of the molecule is CC(C)(C)C1CCC(N)C(S(=O)c2cc(F)ccc2F)C1. The lowest BCUT2D eigenvalue weighted by atomic mass is 9.71. The molecular formula is C16H23F2NOS. The molecule has 1 aliphatic carbocycles. The Kier molecular flexibility index (Phi) is 4.83.